The summed E-state index contributed by atoms with van der Waals surface area (Å²) < 4.78 is 18.6. The van der Waals surface area contributed by atoms with Crippen molar-refractivity contribution < 1.29 is 28.6 Å². The van der Waals surface area contributed by atoms with Crippen molar-refractivity contribution in [3.63, 3.8) is 0 Å². The molecule has 0 aliphatic rings. The highest BCUT2D eigenvalue weighted by molar-refractivity contribution is 5.94. The van der Waals surface area contributed by atoms with Crippen LogP contribution in [0.4, 0.5) is 10.2 Å². The molecule has 1 atom stereocenters. The molecule has 3 rings (SSSR count). The van der Waals surface area contributed by atoms with Crippen molar-refractivity contribution in [2.24, 2.45) is 11.5 Å². The summed E-state index contributed by atoms with van der Waals surface area (Å²) in [4.78, 5) is 43.1. The number of carboxylic acid groups (broad SMARTS) is 1. The average Bonchev–Trinajstić information content (AvgIpc) is 2.75. The summed E-state index contributed by atoms with van der Waals surface area (Å²) in [5.41, 5.74) is 10.4. The van der Waals surface area contributed by atoms with Crippen LogP contribution in [0.3, 0.4) is 0 Å². The number of nitrogens with zero attached hydrogens (tertiary/aromatic N) is 2. The number of ether oxygens (including phenoxy) is 1. The molecule has 3 aromatic rings. The van der Waals surface area contributed by atoms with Crippen molar-refractivity contribution in [2.45, 2.75) is 13.0 Å². The SMILES string of the molecule is CC(Nc1cc(C(N)=O)nc(-c2ccc(Oc3ccc(F)cc3)c(C(=O)O)c2)n1)C(N)=O. The Balaban J connectivity index is 2.02. The predicted molar refractivity (Wildman–Crippen MR) is 112 cm³/mol. The quantitative estimate of drug-likeness (QED) is 0.413. The van der Waals surface area contributed by atoms with Crippen LogP contribution in [-0.2, 0) is 4.79 Å². The number of benzene rings is 2. The van der Waals surface area contributed by atoms with E-state index in [0.717, 1.165) is 0 Å². The number of anilines is 1. The van der Waals surface area contributed by atoms with Gasteiger partial charge in [-0.05, 0) is 49.4 Å². The predicted octanol–water partition coefficient (Wildman–Crippen LogP) is 2.16. The van der Waals surface area contributed by atoms with Gasteiger partial charge in [-0.1, -0.05) is 0 Å². The smallest absolute Gasteiger partial charge is 0.339 e. The summed E-state index contributed by atoms with van der Waals surface area (Å²) >= 11 is 0. The lowest BCUT2D eigenvalue weighted by Crippen LogP contribution is -2.33. The Morgan fingerprint density at radius 2 is 1.75 bits per heavy atom. The van der Waals surface area contributed by atoms with Crippen molar-refractivity contribution >= 4 is 23.6 Å². The fraction of sp³-hybridized carbons (Fsp3) is 0.0952. The molecule has 0 spiro atoms. The van der Waals surface area contributed by atoms with E-state index in [-0.39, 0.29) is 40.0 Å². The average molecular weight is 439 g/mol. The van der Waals surface area contributed by atoms with Crippen LogP contribution in [-0.4, -0.2) is 38.9 Å². The van der Waals surface area contributed by atoms with Crippen LogP contribution < -0.4 is 21.5 Å². The molecule has 11 heteroatoms. The second-order valence-electron chi connectivity index (χ2n) is 6.67. The first kappa shape index (κ1) is 22.2. The maximum Gasteiger partial charge on any atom is 0.339 e. The molecule has 32 heavy (non-hydrogen) atoms. The summed E-state index contributed by atoms with van der Waals surface area (Å²) in [6.45, 7) is 1.50. The van der Waals surface area contributed by atoms with Gasteiger partial charge in [-0.25, -0.2) is 19.2 Å². The molecule has 1 heterocycles. The normalized spacial score (nSPS) is 11.4. The van der Waals surface area contributed by atoms with E-state index in [1.165, 1.54) is 55.5 Å². The van der Waals surface area contributed by atoms with Gasteiger partial charge in [0.05, 0.1) is 0 Å². The Kier molecular flexibility index (Phi) is 6.29. The molecule has 0 saturated carbocycles. The maximum atomic E-state index is 13.1. The van der Waals surface area contributed by atoms with E-state index < -0.39 is 29.6 Å². The number of carbonyl (C=O) groups excluding carboxylic acids is 2. The molecule has 0 saturated heterocycles. The van der Waals surface area contributed by atoms with Crippen LogP contribution in [0.2, 0.25) is 0 Å². The van der Waals surface area contributed by atoms with Crippen LogP contribution in [0.1, 0.15) is 27.8 Å². The summed E-state index contributed by atoms with van der Waals surface area (Å²) in [6.07, 6.45) is 0. The summed E-state index contributed by atoms with van der Waals surface area (Å²) in [6, 6.07) is 9.61. The molecule has 2 amide bonds. The lowest BCUT2D eigenvalue weighted by Gasteiger charge is -2.14. The molecule has 0 fully saturated rings. The van der Waals surface area contributed by atoms with Gasteiger partial charge in [0.2, 0.25) is 5.91 Å². The van der Waals surface area contributed by atoms with E-state index in [9.17, 15) is 23.9 Å². The number of nitrogens with one attached hydrogen (secondary N) is 1. The zero-order valence-electron chi connectivity index (χ0n) is 16.7. The van der Waals surface area contributed by atoms with Gasteiger partial charge in [0.15, 0.2) is 5.82 Å². The summed E-state index contributed by atoms with van der Waals surface area (Å²) in [5.74, 6) is -2.95. The number of halogens is 1. The highest BCUT2D eigenvalue weighted by atomic mass is 19.1. The third-order valence-corrected chi connectivity index (χ3v) is 4.28. The first-order valence-corrected chi connectivity index (χ1v) is 9.20. The minimum absolute atomic E-state index is 0.000358. The van der Waals surface area contributed by atoms with Crippen molar-refractivity contribution in [1.29, 1.82) is 0 Å². The van der Waals surface area contributed by atoms with Gasteiger partial charge in [-0.2, -0.15) is 0 Å². The molecule has 1 unspecified atom stereocenters. The molecule has 0 radical (unpaired) electrons. The second-order valence-corrected chi connectivity index (χ2v) is 6.67. The summed E-state index contributed by atoms with van der Waals surface area (Å²) in [7, 11) is 0. The molecular weight excluding hydrogens is 421 g/mol. The van der Waals surface area contributed by atoms with Gasteiger partial charge in [0.25, 0.3) is 5.91 Å². The van der Waals surface area contributed by atoms with Gasteiger partial charge in [0.1, 0.15) is 40.4 Å². The van der Waals surface area contributed by atoms with Gasteiger partial charge in [-0.15, -0.1) is 0 Å². The van der Waals surface area contributed by atoms with Gasteiger partial charge in [-0.3, -0.25) is 9.59 Å². The second kappa shape index (κ2) is 9.08. The molecule has 0 bridgehead atoms. The monoisotopic (exact) mass is 439 g/mol. The number of rotatable bonds is 8. The number of primary amides is 2. The Morgan fingerprint density at radius 3 is 2.34 bits per heavy atom. The topological polar surface area (TPSA) is 171 Å². The largest absolute Gasteiger partial charge is 0.478 e. The Labute approximate surface area is 181 Å². The number of hydrogen-bond acceptors (Lipinski definition) is 7. The summed E-state index contributed by atoms with van der Waals surface area (Å²) in [5, 5.41) is 12.3. The lowest BCUT2D eigenvalue weighted by atomic mass is 10.1. The van der Waals surface area contributed by atoms with Crippen molar-refractivity contribution in [3.8, 4) is 22.9 Å². The highest BCUT2D eigenvalue weighted by Crippen LogP contribution is 2.30. The van der Waals surface area contributed by atoms with Crippen molar-refractivity contribution in [2.75, 3.05) is 5.32 Å². The van der Waals surface area contributed by atoms with Gasteiger partial charge in [0, 0.05) is 11.6 Å². The first-order chi connectivity index (χ1) is 15.1. The van der Waals surface area contributed by atoms with Crippen LogP contribution >= 0.6 is 0 Å². The van der Waals surface area contributed by atoms with E-state index in [1.807, 2.05) is 0 Å². The van der Waals surface area contributed by atoms with Crippen LogP contribution in [0, 0.1) is 5.82 Å². The lowest BCUT2D eigenvalue weighted by molar-refractivity contribution is -0.118. The number of carbonyl (C=O) groups is 3. The molecular formula is C21H18FN5O5. The number of amides is 2. The minimum atomic E-state index is -1.30. The number of aromatic nitrogens is 2. The molecule has 2 aromatic carbocycles. The Hall–Kier alpha value is -4.54. The van der Waals surface area contributed by atoms with Crippen LogP contribution in [0.25, 0.3) is 11.4 Å². The molecule has 6 N–H and O–H groups in total. The third-order valence-electron chi connectivity index (χ3n) is 4.28. The highest BCUT2D eigenvalue weighted by Gasteiger charge is 2.18. The fourth-order valence-corrected chi connectivity index (χ4v) is 2.62. The number of hydrogen-bond donors (Lipinski definition) is 4. The standard InChI is InChI=1S/C21H18FN5O5/c1-10(18(23)28)25-17-9-15(19(24)29)26-20(27-17)11-2-7-16(14(8-11)21(30)31)32-13-5-3-12(22)4-6-13/h2-10H,1H3,(H2,23,28)(H2,24,29)(H,30,31)(H,25,26,27). The molecule has 10 nitrogen and oxygen atoms in total. The molecule has 164 valence electrons. The van der Waals surface area contributed by atoms with Crippen molar-refractivity contribution in [3.05, 3.63) is 65.6 Å². The van der Waals surface area contributed by atoms with E-state index in [0.29, 0.717) is 0 Å². The van der Waals surface area contributed by atoms with Gasteiger partial charge >= 0.3 is 5.97 Å². The van der Waals surface area contributed by atoms with E-state index in [2.05, 4.69) is 15.3 Å². The van der Waals surface area contributed by atoms with E-state index in [4.69, 9.17) is 16.2 Å². The Bertz CT molecular complexity index is 1200. The maximum absolute atomic E-state index is 13.1. The number of nitrogens with two attached hydrogens (primary N) is 2. The molecule has 1 aromatic heterocycles. The minimum Gasteiger partial charge on any atom is -0.478 e. The van der Waals surface area contributed by atoms with E-state index in [1.54, 1.807) is 0 Å². The van der Waals surface area contributed by atoms with Crippen molar-refractivity contribution in [1.82, 2.24) is 9.97 Å². The number of carboxylic acids is 1. The fourth-order valence-electron chi connectivity index (χ4n) is 2.62. The van der Waals surface area contributed by atoms with E-state index >= 15 is 0 Å². The first-order valence-electron chi connectivity index (χ1n) is 9.20. The van der Waals surface area contributed by atoms with Crippen LogP contribution in [0.5, 0.6) is 11.5 Å². The van der Waals surface area contributed by atoms with Crippen LogP contribution in [0.15, 0.2) is 48.5 Å². The Morgan fingerprint density at radius 1 is 1.06 bits per heavy atom. The van der Waals surface area contributed by atoms with Gasteiger partial charge < -0.3 is 26.6 Å². The zero-order chi connectivity index (χ0) is 23.4. The third kappa shape index (κ3) is 5.14. The molecule has 0 aliphatic heterocycles. The molecule has 0 aliphatic carbocycles. The number of aromatic carboxylic acids is 1. The zero-order valence-corrected chi connectivity index (χ0v) is 16.7.